The predicted octanol–water partition coefficient (Wildman–Crippen LogP) is 4.75. The maximum Gasteiger partial charge on any atom is 0.0713 e. The molecule has 1 N–H and O–H groups in total. The minimum absolute atomic E-state index is 0.621. The Kier molecular flexibility index (Phi) is 5.08. The molecule has 0 amide bonds. The van der Waals surface area contributed by atoms with Crippen molar-refractivity contribution in [1.82, 2.24) is 0 Å². The smallest absolute Gasteiger partial charge is 0.0713 e. The van der Waals surface area contributed by atoms with E-state index < -0.39 is 0 Å². The van der Waals surface area contributed by atoms with Crippen LogP contribution in [0.5, 0.6) is 0 Å². The summed E-state index contributed by atoms with van der Waals surface area (Å²) < 4.78 is 5.12. The lowest BCUT2D eigenvalue weighted by atomic mass is 10.1. The van der Waals surface area contributed by atoms with Crippen molar-refractivity contribution < 1.29 is 4.74 Å². The van der Waals surface area contributed by atoms with Gasteiger partial charge in [0.2, 0.25) is 0 Å². The third-order valence-corrected chi connectivity index (χ3v) is 3.26. The van der Waals surface area contributed by atoms with E-state index in [1.165, 1.54) is 5.56 Å². The molecule has 0 fully saturated rings. The Morgan fingerprint density at radius 1 is 1.05 bits per heavy atom. The lowest BCUT2D eigenvalue weighted by Gasteiger charge is -2.10. The van der Waals surface area contributed by atoms with Crippen LogP contribution in [0.4, 0.5) is 5.69 Å². The highest BCUT2D eigenvalue weighted by atomic mass is 35.5. The van der Waals surface area contributed by atoms with Crippen LogP contribution in [0.15, 0.2) is 42.5 Å². The zero-order valence-corrected chi connectivity index (χ0v) is 12.1. The van der Waals surface area contributed by atoms with Gasteiger partial charge in [-0.25, -0.2) is 0 Å². The van der Waals surface area contributed by atoms with Gasteiger partial charge in [-0.3, -0.25) is 0 Å². The van der Waals surface area contributed by atoms with Gasteiger partial charge in [0, 0.05) is 18.7 Å². The molecule has 0 spiro atoms. The van der Waals surface area contributed by atoms with Crippen molar-refractivity contribution in [3.8, 4) is 0 Å². The number of methoxy groups -OCH3 is 1. The molecular formula is C15H15Cl2NO. The fourth-order valence-corrected chi connectivity index (χ4v) is 2.30. The Bertz CT molecular complexity index is 558. The van der Waals surface area contributed by atoms with Gasteiger partial charge < -0.3 is 10.1 Å². The van der Waals surface area contributed by atoms with Crippen LogP contribution in [0.1, 0.15) is 11.1 Å². The van der Waals surface area contributed by atoms with E-state index in [1.807, 2.05) is 24.3 Å². The van der Waals surface area contributed by atoms with Crippen LogP contribution in [0, 0.1) is 0 Å². The van der Waals surface area contributed by atoms with Crippen LogP contribution in [-0.4, -0.2) is 7.11 Å². The molecule has 4 heteroatoms. The van der Waals surface area contributed by atoms with Gasteiger partial charge >= 0.3 is 0 Å². The molecular weight excluding hydrogens is 281 g/mol. The van der Waals surface area contributed by atoms with Crippen LogP contribution in [0.25, 0.3) is 0 Å². The molecule has 19 heavy (non-hydrogen) atoms. The molecule has 0 heterocycles. The highest BCUT2D eigenvalue weighted by Crippen LogP contribution is 2.25. The summed E-state index contributed by atoms with van der Waals surface area (Å²) in [5.41, 5.74) is 3.22. The van der Waals surface area contributed by atoms with Gasteiger partial charge in [-0.15, -0.1) is 0 Å². The molecule has 2 nitrogen and oxygen atoms in total. The van der Waals surface area contributed by atoms with Gasteiger partial charge in [-0.1, -0.05) is 47.5 Å². The molecule has 0 atom stereocenters. The molecule has 0 bridgehead atoms. The maximum atomic E-state index is 6.11. The van der Waals surface area contributed by atoms with Crippen LogP contribution >= 0.6 is 23.2 Å². The minimum atomic E-state index is 0.621. The standard InChI is InChI=1S/C15H15Cl2NO/c1-19-10-12-4-2-3-11(7-12)9-18-15-6-5-13(16)8-14(15)17/h2-8,18H,9-10H2,1H3. The number of hydrogen-bond donors (Lipinski definition) is 1. The van der Waals surface area contributed by atoms with E-state index in [0.29, 0.717) is 23.2 Å². The van der Waals surface area contributed by atoms with Crippen molar-refractivity contribution in [2.45, 2.75) is 13.2 Å². The van der Waals surface area contributed by atoms with E-state index in [2.05, 4.69) is 17.4 Å². The first-order valence-electron chi connectivity index (χ1n) is 5.94. The SMILES string of the molecule is COCc1cccc(CNc2ccc(Cl)cc2Cl)c1. The molecule has 100 valence electrons. The second-order valence-electron chi connectivity index (χ2n) is 4.23. The van der Waals surface area contributed by atoms with Gasteiger partial charge in [0.05, 0.1) is 17.3 Å². The summed E-state index contributed by atoms with van der Waals surface area (Å²) in [5.74, 6) is 0. The van der Waals surface area contributed by atoms with E-state index in [1.54, 1.807) is 13.2 Å². The first-order valence-corrected chi connectivity index (χ1v) is 6.70. The Hall–Kier alpha value is -1.22. The molecule has 0 aliphatic heterocycles. The zero-order valence-electron chi connectivity index (χ0n) is 10.6. The maximum absolute atomic E-state index is 6.11. The fourth-order valence-electron chi connectivity index (χ4n) is 1.83. The Morgan fingerprint density at radius 2 is 1.84 bits per heavy atom. The summed E-state index contributed by atoms with van der Waals surface area (Å²) in [4.78, 5) is 0. The fraction of sp³-hybridized carbons (Fsp3) is 0.200. The summed E-state index contributed by atoms with van der Waals surface area (Å²) in [6.45, 7) is 1.33. The number of halogens is 2. The number of rotatable bonds is 5. The second-order valence-corrected chi connectivity index (χ2v) is 5.07. The first-order chi connectivity index (χ1) is 9.19. The van der Waals surface area contributed by atoms with Gasteiger partial charge in [0.1, 0.15) is 0 Å². The average molecular weight is 296 g/mol. The van der Waals surface area contributed by atoms with Crippen molar-refractivity contribution in [3.05, 3.63) is 63.6 Å². The van der Waals surface area contributed by atoms with Crippen LogP contribution in [-0.2, 0) is 17.9 Å². The van der Waals surface area contributed by atoms with E-state index in [-0.39, 0.29) is 0 Å². The normalized spacial score (nSPS) is 10.5. The topological polar surface area (TPSA) is 21.3 Å². The number of anilines is 1. The van der Waals surface area contributed by atoms with Gasteiger partial charge in [-0.05, 0) is 29.3 Å². The lowest BCUT2D eigenvalue weighted by molar-refractivity contribution is 0.185. The van der Waals surface area contributed by atoms with Crippen molar-refractivity contribution in [1.29, 1.82) is 0 Å². The van der Waals surface area contributed by atoms with E-state index in [9.17, 15) is 0 Å². The Balaban J connectivity index is 2.03. The molecule has 2 aromatic rings. The number of ether oxygens (including phenoxy) is 1. The highest BCUT2D eigenvalue weighted by Gasteiger charge is 2.01. The third kappa shape index (κ3) is 4.13. The lowest BCUT2D eigenvalue weighted by Crippen LogP contribution is -2.00. The zero-order chi connectivity index (χ0) is 13.7. The summed E-state index contributed by atoms with van der Waals surface area (Å²) in [5, 5.41) is 4.56. The molecule has 0 unspecified atom stereocenters. The number of nitrogens with one attached hydrogen (secondary N) is 1. The summed E-state index contributed by atoms with van der Waals surface area (Å²) in [6.07, 6.45) is 0. The minimum Gasteiger partial charge on any atom is -0.380 e. The van der Waals surface area contributed by atoms with E-state index in [0.717, 1.165) is 11.3 Å². The Morgan fingerprint density at radius 3 is 2.58 bits per heavy atom. The third-order valence-electron chi connectivity index (χ3n) is 2.72. The largest absolute Gasteiger partial charge is 0.380 e. The van der Waals surface area contributed by atoms with Crippen molar-refractivity contribution in [2.24, 2.45) is 0 Å². The molecule has 0 aromatic heterocycles. The molecule has 0 saturated carbocycles. The monoisotopic (exact) mass is 295 g/mol. The van der Waals surface area contributed by atoms with Crippen LogP contribution in [0.2, 0.25) is 10.0 Å². The first kappa shape index (κ1) is 14.2. The summed E-state index contributed by atoms with van der Waals surface area (Å²) in [6, 6.07) is 13.7. The summed E-state index contributed by atoms with van der Waals surface area (Å²) >= 11 is 12.0. The van der Waals surface area contributed by atoms with Gasteiger partial charge in [-0.2, -0.15) is 0 Å². The Labute approximate surface area is 123 Å². The molecule has 0 radical (unpaired) electrons. The predicted molar refractivity (Wildman–Crippen MR) is 80.9 cm³/mol. The van der Waals surface area contributed by atoms with E-state index in [4.69, 9.17) is 27.9 Å². The van der Waals surface area contributed by atoms with E-state index >= 15 is 0 Å². The van der Waals surface area contributed by atoms with Crippen molar-refractivity contribution >= 4 is 28.9 Å². The van der Waals surface area contributed by atoms with Crippen molar-refractivity contribution in [2.75, 3.05) is 12.4 Å². The number of hydrogen-bond acceptors (Lipinski definition) is 2. The van der Waals surface area contributed by atoms with Crippen molar-refractivity contribution in [3.63, 3.8) is 0 Å². The highest BCUT2D eigenvalue weighted by molar-refractivity contribution is 6.36. The molecule has 0 aliphatic carbocycles. The van der Waals surface area contributed by atoms with Crippen LogP contribution < -0.4 is 5.32 Å². The van der Waals surface area contributed by atoms with Gasteiger partial charge in [0.15, 0.2) is 0 Å². The molecule has 2 aromatic carbocycles. The molecule has 2 rings (SSSR count). The van der Waals surface area contributed by atoms with Crippen LogP contribution in [0.3, 0.4) is 0 Å². The average Bonchev–Trinajstić information content (AvgIpc) is 2.38. The number of benzene rings is 2. The van der Waals surface area contributed by atoms with Gasteiger partial charge in [0.25, 0.3) is 0 Å². The molecule has 0 saturated heterocycles. The second kappa shape index (κ2) is 6.80. The quantitative estimate of drug-likeness (QED) is 0.859. The molecule has 0 aliphatic rings. The summed E-state index contributed by atoms with van der Waals surface area (Å²) in [7, 11) is 1.69.